The van der Waals surface area contributed by atoms with Crippen molar-refractivity contribution in [3.05, 3.63) is 35.9 Å². The van der Waals surface area contributed by atoms with Crippen molar-refractivity contribution in [2.75, 3.05) is 0 Å². The maximum Gasteiger partial charge on any atom is 0.253 e. The van der Waals surface area contributed by atoms with Crippen molar-refractivity contribution in [2.24, 2.45) is 4.99 Å². The number of nitrogens with zero attached hydrogens (tertiary/aromatic N) is 1. The van der Waals surface area contributed by atoms with E-state index >= 15 is 0 Å². The number of carbonyl (C=O) groups is 1. The summed E-state index contributed by atoms with van der Waals surface area (Å²) in [5.41, 5.74) is 0.436. The summed E-state index contributed by atoms with van der Waals surface area (Å²) in [6, 6.07) is 8.50. The van der Waals surface area contributed by atoms with Crippen molar-refractivity contribution in [1.29, 1.82) is 0 Å². The van der Waals surface area contributed by atoms with Gasteiger partial charge in [0, 0.05) is 5.56 Å². The van der Waals surface area contributed by atoms with Crippen molar-refractivity contribution in [3.63, 3.8) is 0 Å². The van der Waals surface area contributed by atoms with Crippen molar-refractivity contribution < 1.29 is 4.79 Å². The first-order valence-corrected chi connectivity index (χ1v) is 5.99. The van der Waals surface area contributed by atoms with Gasteiger partial charge in [0.25, 0.3) is 5.91 Å². The molecule has 7 heteroatoms. The smallest absolute Gasteiger partial charge is 0.253 e. The third kappa shape index (κ3) is 4.62. The molecule has 1 aromatic rings. The number of thiocarbonyl (C=S) groups is 1. The zero-order chi connectivity index (χ0) is 12.9. The highest BCUT2D eigenvalue weighted by molar-refractivity contribution is 7.78. The number of benzene rings is 1. The standard InChI is InChI=1S/C10H7Cl3N2OS/c11-10(12,13)9(14-6-17)15-8(16)7-4-2-1-3-5-7/h1-5,9H,(H,15,16). The molecule has 1 atom stereocenters. The number of carbonyl (C=O) groups excluding carboxylic acids is 1. The Kier molecular flexibility index (Phi) is 5.37. The van der Waals surface area contributed by atoms with Gasteiger partial charge in [-0.05, 0) is 24.4 Å². The van der Waals surface area contributed by atoms with E-state index in [1.807, 2.05) is 0 Å². The number of amides is 1. The van der Waals surface area contributed by atoms with Gasteiger partial charge < -0.3 is 5.32 Å². The fraction of sp³-hybridized carbons (Fsp3) is 0.200. The van der Waals surface area contributed by atoms with Crippen LogP contribution in [-0.2, 0) is 0 Å². The lowest BCUT2D eigenvalue weighted by molar-refractivity contribution is 0.0939. The number of hydrogen-bond donors (Lipinski definition) is 1. The number of isothiocyanates is 1. The fourth-order valence-electron chi connectivity index (χ4n) is 1.04. The molecule has 0 bridgehead atoms. The SMILES string of the molecule is O=C(NC(N=C=S)C(Cl)(Cl)Cl)c1ccccc1. The molecular formula is C10H7Cl3N2OS. The van der Waals surface area contributed by atoms with E-state index in [4.69, 9.17) is 34.8 Å². The average Bonchev–Trinajstić information content (AvgIpc) is 2.28. The summed E-state index contributed by atoms with van der Waals surface area (Å²) in [5.74, 6) is -0.407. The summed E-state index contributed by atoms with van der Waals surface area (Å²) in [4.78, 5) is 15.4. The maximum atomic E-state index is 11.8. The van der Waals surface area contributed by atoms with Crippen LogP contribution in [-0.4, -0.2) is 21.0 Å². The molecule has 17 heavy (non-hydrogen) atoms. The number of nitrogens with one attached hydrogen (secondary N) is 1. The molecule has 0 saturated carbocycles. The Morgan fingerprint density at radius 1 is 1.35 bits per heavy atom. The molecule has 90 valence electrons. The molecule has 0 aliphatic rings. The molecule has 1 aromatic carbocycles. The molecule has 0 aromatic heterocycles. The lowest BCUT2D eigenvalue weighted by Crippen LogP contribution is -2.42. The van der Waals surface area contributed by atoms with Gasteiger partial charge in [-0.25, -0.2) is 4.99 Å². The Morgan fingerprint density at radius 2 is 1.94 bits per heavy atom. The monoisotopic (exact) mass is 308 g/mol. The van der Waals surface area contributed by atoms with Gasteiger partial charge in [0.05, 0.1) is 5.16 Å². The van der Waals surface area contributed by atoms with Crippen LogP contribution in [0.1, 0.15) is 10.4 Å². The van der Waals surface area contributed by atoms with E-state index in [0.717, 1.165) is 0 Å². The van der Waals surface area contributed by atoms with E-state index in [-0.39, 0.29) is 0 Å². The molecule has 0 heterocycles. The highest BCUT2D eigenvalue weighted by Gasteiger charge is 2.33. The molecule has 0 aliphatic carbocycles. The third-order valence-electron chi connectivity index (χ3n) is 1.80. The minimum atomic E-state index is -1.78. The second kappa shape index (κ2) is 6.34. The predicted octanol–water partition coefficient (Wildman–Crippen LogP) is 3.22. The number of alkyl halides is 3. The highest BCUT2D eigenvalue weighted by Crippen LogP contribution is 2.30. The zero-order valence-electron chi connectivity index (χ0n) is 8.36. The number of aliphatic imine (C=N–C) groups is 1. The lowest BCUT2D eigenvalue weighted by atomic mass is 10.2. The molecule has 1 rings (SSSR count). The quantitative estimate of drug-likeness (QED) is 0.529. The molecular weight excluding hydrogens is 303 g/mol. The van der Waals surface area contributed by atoms with Crippen LogP contribution in [0.25, 0.3) is 0 Å². The van der Waals surface area contributed by atoms with Crippen LogP contribution in [0.3, 0.4) is 0 Å². The first-order chi connectivity index (χ1) is 7.95. The summed E-state index contributed by atoms with van der Waals surface area (Å²) in [6.07, 6.45) is -1.07. The van der Waals surface area contributed by atoms with Crippen LogP contribution in [0.5, 0.6) is 0 Å². The fourth-order valence-corrected chi connectivity index (χ4v) is 1.45. The Hall–Kier alpha value is -0.640. The highest BCUT2D eigenvalue weighted by atomic mass is 35.6. The van der Waals surface area contributed by atoms with Crippen LogP contribution in [0, 0.1) is 0 Å². The van der Waals surface area contributed by atoms with Crippen molar-refractivity contribution in [2.45, 2.75) is 9.96 Å². The van der Waals surface area contributed by atoms with Crippen molar-refractivity contribution in [1.82, 2.24) is 5.32 Å². The minimum absolute atomic E-state index is 0.407. The topological polar surface area (TPSA) is 41.5 Å². The normalized spacial score (nSPS) is 12.4. The van der Waals surface area contributed by atoms with Crippen LogP contribution in [0.4, 0.5) is 0 Å². The maximum absolute atomic E-state index is 11.8. The minimum Gasteiger partial charge on any atom is -0.326 e. The number of rotatable bonds is 3. The molecule has 1 N–H and O–H groups in total. The van der Waals surface area contributed by atoms with Gasteiger partial charge in [0.15, 0.2) is 6.17 Å². The molecule has 0 saturated heterocycles. The Balaban J connectivity index is 2.82. The van der Waals surface area contributed by atoms with Gasteiger partial charge in [-0.2, -0.15) is 0 Å². The van der Waals surface area contributed by atoms with Crippen molar-refractivity contribution in [3.8, 4) is 0 Å². The largest absolute Gasteiger partial charge is 0.326 e. The van der Waals surface area contributed by atoms with Crippen LogP contribution in [0.15, 0.2) is 35.3 Å². The molecule has 0 radical (unpaired) electrons. The zero-order valence-corrected chi connectivity index (χ0v) is 11.4. The first-order valence-electron chi connectivity index (χ1n) is 4.45. The first kappa shape index (κ1) is 14.4. The van der Waals surface area contributed by atoms with Gasteiger partial charge in [0.2, 0.25) is 3.79 Å². The lowest BCUT2D eigenvalue weighted by Gasteiger charge is -2.20. The molecule has 0 fully saturated rings. The van der Waals surface area contributed by atoms with Crippen LogP contribution in [0.2, 0.25) is 0 Å². The van der Waals surface area contributed by atoms with E-state index in [1.54, 1.807) is 30.3 Å². The van der Waals surface area contributed by atoms with Crippen molar-refractivity contribution >= 4 is 58.1 Å². The molecule has 1 unspecified atom stereocenters. The van der Waals surface area contributed by atoms with Gasteiger partial charge in [-0.3, -0.25) is 4.79 Å². The van der Waals surface area contributed by atoms with E-state index in [0.29, 0.717) is 5.56 Å². The second-order valence-corrected chi connectivity index (χ2v) is 5.56. The second-order valence-electron chi connectivity index (χ2n) is 3.00. The molecule has 1 amide bonds. The van der Waals surface area contributed by atoms with E-state index in [9.17, 15) is 4.79 Å². The molecule has 0 aliphatic heterocycles. The summed E-state index contributed by atoms with van der Waals surface area (Å²) >= 11 is 21.4. The van der Waals surface area contributed by atoms with Crippen LogP contribution < -0.4 is 5.32 Å². The number of hydrogen-bond acceptors (Lipinski definition) is 3. The van der Waals surface area contributed by atoms with E-state index in [2.05, 4.69) is 27.7 Å². The van der Waals surface area contributed by atoms with Crippen LogP contribution >= 0.6 is 47.0 Å². The summed E-state index contributed by atoms with van der Waals surface area (Å²) in [5, 5.41) is 4.52. The Morgan fingerprint density at radius 3 is 2.41 bits per heavy atom. The summed E-state index contributed by atoms with van der Waals surface area (Å²) < 4.78 is -1.78. The third-order valence-corrected chi connectivity index (χ3v) is 2.52. The molecule has 3 nitrogen and oxygen atoms in total. The summed E-state index contributed by atoms with van der Waals surface area (Å²) in [6.45, 7) is 0. The van der Waals surface area contributed by atoms with Gasteiger partial charge >= 0.3 is 0 Å². The Bertz CT molecular complexity index is 441. The molecule has 0 spiro atoms. The average molecular weight is 310 g/mol. The van der Waals surface area contributed by atoms with Gasteiger partial charge in [-0.15, -0.1) is 0 Å². The summed E-state index contributed by atoms with van der Waals surface area (Å²) in [7, 11) is 0. The predicted molar refractivity (Wildman–Crippen MR) is 73.0 cm³/mol. The van der Waals surface area contributed by atoms with Gasteiger partial charge in [-0.1, -0.05) is 53.0 Å². The Labute approximate surface area is 119 Å². The number of halogens is 3. The van der Waals surface area contributed by atoms with E-state index in [1.165, 1.54) is 0 Å². The van der Waals surface area contributed by atoms with E-state index < -0.39 is 15.9 Å². The van der Waals surface area contributed by atoms with Gasteiger partial charge in [0.1, 0.15) is 0 Å².